The lowest BCUT2D eigenvalue weighted by Crippen LogP contribution is -2.41. The molecular formula is C14H24BrNO2Si. The van der Waals surface area contributed by atoms with Crippen LogP contribution in [0.25, 0.3) is 0 Å². The Hall–Kier alpha value is -0.393. The lowest BCUT2D eigenvalue weighted by atomic mass is 10.2. The summed E-state index contributed by atoms with van der Waals surface area (Å²) in [5.41, 5.74) is 0.969. The second-order valence-corrected chi connectivity index (χ2v) is 11.8. The highest BCUT2D eigenvalue weighted by atomic mass is 79.9. The van der Waals surface area contributed by atoms with Gasteiger partial charge in [0.05, 0.1) is 6.61 Å². The van der Waals surface area contributed by atoms with Crippen molar-refractivity contribution in [2.24, 2.45) is 0 Å². The topological polar surface area (TPSA) is 31.4 Å². The molecule has 0 radical (unpaired) electrons. The first-order valence-corrected chi connectivity index (χ1v) is 10.2. The molecule has 0 aromatic carbocycles. The van der Waals surface area contributed by atoms with Crippen LogP contribution in [-0.4, -0.2) is 26.5 Å². The second kappa shape index (κ2) is 6.37. The molecule has 0 spiro atoms. The number of aryl methyl sites for hydroxylation is 1. The zero-order valence-electron chi connectivity index (χ0n) is 12.7. The summed E-state index contributed by atoms with van der Waals surface area (Å²) in [6.45, 7) is 14.3. The first kappa shape index (κ1) is 16.7. The van der Waals surface area contributed by atoms with Gasteiger partial charge in [-0.2, -0.15) is 0 Å². The Labute approximate surface area is 126 Å². The third-order valence-electron chi connectivity index (χ3n) is 3.56. The van der Waals surface area contributed by atoms with E-state index in [1.54, 1.807) is 0 Å². The van der Waals surface area contributed by atoms with Crippen LogP contribution < -0.4 is 4.74 Å². The van der Waals surface area contributed by atoms with E-state index in [0.29, 0.717) is 13.2 Å². The molecule has 0 bridgehead atoms. The van der Waals surface area contributed by atoms with Crippen LogP contribution in [0.2, 0.25) is 18.1 Å². The zero-order valence-corrected chi connectivity index (χ0v) is 15.3. The molecule has 0 saturated carbocycles. The number of hydrogen-bond donors (Lipinski definition) is 0. The number of hydrogen-bond acceptors (Lipinski definition) is 3. The molecule has 0 unspecified atom stereocenters. The standard InChI is InChI=1S/C14H24BrNO2Si/c1-11-7-8-12(13(15)16-11)17-9-10-18-19(5,6)14(2,3)4/h7-8H,9-10H2,1-6H3. The Balaban J connectivity index is 2.43. The van der Waals surface area contributed by atoms with Crippen LogP contribution in [0.1, 0.15) is 26.5 Å². The summed E-state index contributed by atoms with van der Waals surface area (Å²) in [5, 5.41) is 0.235. The molecule has 1 heterocycles. The van der Waals surface area contributed by atoms with Crippen molar-refractivity contribution in [2.75, 3.05) is 13.2 Å². The fourth-order valence-electron chi connectivity index (χ4n) is 1.28. The first-order chi connectivity index (χ1) is 8.63. The van der Waals surface area contributed by atoms with E-state index in [-0.39, 0.29) is 5.04 Å². The van der Waals surface area contributed by atoms with E-state index in [0.717, 1.165) is 16.0 Å². The molecular weight excluding hydrogens is 322 g/mol. The van der Waals surface area contributed by atoms with E-state index < -0.39 is 8.32 Å². The van der Waals surface area contributed by atoms with E-state index in [4.69, 9.17) is 9.16 Å². The highest BCUT2D eigenvalue weighted by Gasteiger charge is 2.36. The van der Waals surface area contributed by atoms with Gasteiger partial charge in [0.25, 0.3) is 0 Å². The first-order valence-electron chi connectivity index (χ1n) is 6.53. The van der Waals surface area contributed by atoms with Crippen molar-refractivity contribution in [1.29, 1.82) is 0 Å². The Bertz CT molecular complexity index is 430. The van der Waals surface area contributed by atoms with Crippen LogP contribution in [0.5, 0.6) is 5.75 Å². The number of rotatable bonds is 5. The van der Waals surface area contributed by atoms with Crippen LogP contribution in [0.4, 0.5) is 0 Å². The molecule has 1 aromatic rings. The van der Waals surface area contributed by atoms with Crippen LogP contribution in [0, 0.1) is 6.92 Å². The number of ether oxygens (including phenoxy) is 1. The summed E-state index contributed by atoms with van der Waals surface area (Å²) in [4.78, 5) is 4.30. The minimum atomic E-state index is -1.67. The van der Waals surface area contributed by atoms with E-state index >= 15 is 0 Å². The largest absolute Gasteiger partial charge is 0.488 e. The number of halogens is 1. The average Bonchev–Trinajstić information content (AvgIpc) is 2.25. The molecule has 0 amide bonds. The van der Waals surface area contributed by atoms with Gasteiger partial charge in [0.2, 0.25) is 0 Å². The summed E-state index contributed by atoms with van der Waals surface area (Å²) in [5.74, 6) is 0.768. The smallest absolute Gasteiger partial charge is 0.192 e. The molecule has 3 nitrogen and oxygen atoms in total. The van der Waals surface area contributed by atoms with Gasteiger partial charge in [0.1, 0.15) is 11.2 Å². The Morgan fingerprint density at radius 1 is 1.21 bits per heavy atom. The maximum Gasteiger partial charge on any atom is 0.192 e. The van der Waals surface area contributed by atoms with Crippen LogP contribution >= 0.6 is 15.9 Å². The zero-order chi connectivity index (χ0) is 14.7. The molecule has 0 N–H and O–H groups in total. The lowest BCUT2D eigenvalue weighted by molar-refractivity contribution is 0.202. The maximum atomic E-state index is 6.06. The summed E-state index contributed by atoms with van der Waals surface area (Å²) in [7, 11) is -1.67. The normalized spacial score (nSPS) is 12.6. The minimum absolute atomic E-state index is 0.235. The Morgan fingerprint density at radius 3 is 2.37 bits per heavy atom. The SMILES string of the molecule is Cc1ccc(OCCO[Si](C)(C)C(C)(C)C)c(Br)n1. The van der Waals surface area contributed by atoms with Crippen molar-refractivity contribution in [3.8, 4) is 5.75 Å². The molecule has 0 fully saturated rings. The van der Waals surface area contributed by atoms with Crippen molar-refractivity contribution in [3.63, 3.8) is 0 Å². The third-order valence-corrected chi connectivity index (χ3v) is 8.67. The molecule has 108 valence electrons. The van der Waals surface area contributed by atoms with Gasteiger partial charge in [-0.25, -0.2) is 4.98 Å². The fraction of sp³-hybridized carbons (Fsp3) is 0.643. The number of aromatic nitrogens is 1. The quantitative estimate of drug-likeness (QED) is 0.445. The second-order valence-electron chi connectivity index (χ2n) is 6.20. The highest BCUT2D eigenvalue weighted by Crippen LogP contribution is 2.36. The number of pyridine rings is 1. The molecule has 0 aliphatic carbocycles. The number of nitrogens with zero attached hydrogens (tertiary/aromatic N) is 1. The predicted molar refractivity (Wildman–Crippen MR) is 85.3 cm³/mol. The van der Waals surface area contributed by atoms with E-state index in [9.17, 15) is 0 Å². The molecule has 1 rings (SSSR count). The highest BCUT2D eigenvalue weighted by molar-refractivity contribution is 9.10. The van der Waals surface area contributed by atoms with Gasteiger partial charge in [-0.05, 0) is 53.1 Å². The molecule has 5 heteroatoms. The van der Waals surface area contributed by atoms with Crippen molar-refractivity contribution in [3.05, 3.63) is 22.4 Å². The average molecular weight is 346 g/mol. The molecule has 0 atom stereocenters. The summed E-state index contributed by atoms with van der Waals surface area (Å²) < 4.78 is 12.5. The van der Waals surface area contributed by atoms with Gasteiger partial charge < -0.3 is 9.16 Å². The lowest BCUT2D eigenvalue weighted by Gasteiger charge is -2.36. The van der Waals surface area contributed by atoms with Crippen molar-refractivity contribution in [2.45, 2.75) is 45.8 Å². The van der Waals surface area contributed by atoms with Gasteiger partial charge in [-0.1, -0.05) is 20.8 Å². The molecule has 0 aliphatic rings. The minimum Gasteiger partial charge on any atom is -0.488 e. The summed E-state index contributed by atoms with van der Waals surface area (Å²) in [6, 6.07) is 3.87. The maximum absolute atomic E-state index is 6.06. The van der Waals surface area contributed by atoms with E-state index in [1.807, 2.05) is 19.1 Å². The monoisotopic (exact) mass is 345 g/mol. The van der Waals surface area contributed by atoms with Gasteiger partial charge >= 0.3 is 0 Å². The summed E-state index contributed by atoms with van der Waals surface area (Å²) >= 11 is 3.40. The van der Waals surface area contributed by atoms with Crippen LogP contribution in [-0.2, 0) is 4.43 Å². The Kier molecular flexibility index (Phi) is 5.59. The van der Waals surface area contributed by atoms with Crippen molar-refractivity contribution in [1.82, 2.24) is 4.98 Å². The van der Waals surface area contributed by atoms with Crippen LogP contribution in [0.15, 0.2) is 16.7 Å². The van der Waals surface area contributed by atoms with Gasteiger partial charge in [-0.15, -0.1) is 0 Å². The van der Waals surface area contributed by atoms with E-state index in [1.165, 1.54) is 0 Å². The third kappa shape index (κ3) is 4.89. The van der Waals surface area contributed by atoms with Crippen molar-refractivity contribution < 1.29 is 9.16 Å². The van der Waals surface area contributed by atoms with E-state index in [2.05, 4.69) is 54.8 Å². The molecule has 0 saturated heterocycles. The van der Waals surface area contributed by atoms with Crippen LogP contribution in [0.3, 0.4) is 0 Å². The fourth-order valence-corrected chi connectivity index (χ4v) is 2.84. The molecule has 1 aromatic heterocycles. The Morgan fingerprint density at radius 2 is 1.84 bits per heavy atom. The molecule has 0 aliphatic heterocycles. The van der Waals surface area contributed by atoms with Gasteiger partial charge in [0.15, 0.2) is 14.1 Å². The summed E-state index contributed by atoms with van der Waals surface area (Å²) in [6.07, 6.45) is 0. The molecule has 19 heavy (non-hydrogen) atoms. The van der Waals surface area contributed by atoms with Gasteiger partial charge in [-0.3, -0.25) is 0 Å². The van der Waals surface area contributed by atoms with Gasteiger partial charge in [0, 0.05) is 5.69 Å². The predicted octanol–water partition coefficient (Wildman–Crippen LogP) is 4.55. The van der Waals surface area contributed by atoms with Crippen molar-refractivity contribution >= 4 is 24.2 Å².